The minimum atomic E-state index is -3.77. The van der Waals surface area contributed by atoms with E-state index in [1.54, 1.807) is 24.3 Å². The maximum absolute atomic E-state index is 13.0. The van der Waals surface area contributed by atoms with Crippen molar-refractivity contribution in [2.75, 3.05) is 24.5 Å². The fourth-order valence-electron chi connectivity index (χ4n) is 3.03. The van der Waals surface area contributed by atoms with E-state index < -0.39 is 10.0 Å². The molecule has 0 spiro atoms. The smallest absolute Gasteiger partial charge is 0.264 e. The molecule has 1 fully saturated rings. The van der Waals surface area contributed by atoms with Crippen LogP contribution >= 0.6 is 0 Å². The van der Waals surface area contributed by atoms with E-state index in [-0.39, 0.29) is 16.9 Å². The first-order valence-corrected chi connectivity index (χ1v) is 10.4. The van der Waals surface area contributed by atoms with Crippen LogP contribution in [0.15, 0.2) is 53.4 Å². The van der Waals surface area contributed by atoms with Crippen molar-refractivity contribution < 1.29 is 17.9 Å². The minimum absolute atomic E-state index is 0.0355. The number of carbonyl (C=O) groups is 1. The predicted molar refractivity (Wildman–Crippen MR) is 105 cm³/mol. The van der Waals surface area contributed by atoms with E-state index in [0.29, 0.717) is 17.8 Å². The number of hydrogen-bond donors (Lipinski definition) is 1. The molecule has 0 unspecified atom stereocenters. The van der Waals surface area contributed by atoms with E-state index in [4.69, 9.17) is 4.74 Å². The maximum atomic E-state index is 13.0. The first-order chi connectivity index (χ1) is 12.9. The summed E-state index contributed by atoms with van der Waals surface area (Å²) in [5.41, 5.74) is 1.85. The summed E-state index contributed by atoms with van der Waals surface area (Å²) in [5, 5.41) is 2.82. The average molecular weight is 388 g/mol. The van der Waals surface area contributed by atoms with Crippen LogP contribution in [-0.2, 0) is 14.8 Å². The molecule has 7 heteroatoms. The molecule has 144 valence electrons. The largest absolute Gasteiger partial charge is 0.376 e. The fourth-order valence-corrected chi connectivity index (χ4v) is 4.27. The van der Waals surface area contributed by atoms with Crippen LogP contribution in [-0.4, -0.2) is 40.6 Å². The van der Waals surface area contributed by atoms with Crippen molar-refractivity contribution in [2.45, 2.75) is 30.8 Å². The van der Waals surface area contributed by atoms with Gasteiger partial charge in [-0.05, 0) is 55.7 Å². The Morgan fingerprint density at radius 3 is 2.70 bits per heavy atom. The lowest BCUT2D eigenvalue weighted by Crippen LogP contribution is -2.32. The Hall–Kier alpha value is -2.38. The van der Waals surface area contributed by atoms with Crippen molar-refractivity contribution in [1.82, 2.24) is 5.32 Å². The maximum Gasteiger partial charge on any atom is 0.264 e. The highest BCUT2D eigenvalue weighted by atomic mass is 32.2. The number of nitrogens with one attached hydrogen (secondary N) is 1. The van der Waals surface area contributed by atoms with Crippen LogP contribution < -0.4 is 9.62 Å². The van der Waals surface area contributed by atoms with E-state index in [0.717, 1.165) is 25.0 Å². The van der Waals surface area contributed by atoms with Gasteiger partial charge in [-0.3, -0.25) is 9.10 Å². The summed E-state index contributed by atoms with van der Waals surface area (Å²) in [6.45, 7) is 3.06. The molecule has 0 radical (unpaired) electrons. The van der Waals surface area contributed by atoms with Crippen LogP contribution in [0.1, 0.15) is 28.8 Å². The van der Waals surface area contributed by atoms with Crippen molar-refractivity contribution in [1.29, 1.82) is 0 Å². The zero-order chi connectivity index (χ0) is 19.4. The van der Waals surface area contributed by atoms with Crippen molar-refractivity contribution >= 4 is 21.6 Å². The van der Waals surface area contributed by atoms with Crippen LogP contribution in [0.4, 0.5) is 5.69 Å². The molecular formula is C20H24N2O4S. The number of benzene rings is 2. The molecule has 1 aliphatic heterocycles. The Kier molecular flexibility index (Phi) is 5.82. The van der Waals surface area contributed by atoms with E-state index in [9.17, 15) is 13.2 Å². The van der Waals surface area contributed by atoms with Crippen molar-refractivity contribution in [3.63, 3.8) is 0 Å². The molecule has 1 saturated heterocycles. The molecule has 1 heterocycles. The molecule has 1 aliphatic rings. The SMILES string of the molecule is Cc1cccc(N(C)S(=O)(=O)c2cccc(C(=O)NC[C@@H]3CCCO3)c2)c1. The first-order valence-electron chi connectivity index (χ1n) is 8.93. The summed E-state index contributed by atoms with van der Waals surface area (Å²) >= 11 is 0. The predicted octanol–water partition coefficient (Wildman–Crippen LogP) is 2.73. The monoisotopic (exact) mass is 388 g/mol. The van der Waals surface area contributed by atoms with Crippen molar-refractivity contribution in [2.24, 2.45) is 0 Å². The van der Waals surface area contributed by atoms with Gasteiger partial charge < -0.3 is 10.1 Å². The third kappa shape index (κ3) is 4.48. The van der Waals surface area contributed by atoms with Gasteiger partial charge in [0, 0.05) is 25.8 Å². The lowest BCUT2D eigenvalue weighted by atomic mass is 10.2. The number of anilines is 1. The molecule has 2 aromatic rings. The Balaban J connectivity index is 1.77. The van der Waals surface area contributed by atoms with E-state index >= 15 is 0 Å². The van der Waals surface area contributed by atoms with Gasteiger partial charge >= 0.3 is 0 Å². The molecule has 0 saturated carbocycles. The van der Waals surface area contributed by atoms with Crippen molar-refractivity contribution in [3.05, 3.63) is 59.7 Å². The summed E-state index contributed by atoms with van der Waals surface area (Å²) in [6, 6.07) is 13.4. The quantitative estimate of drug-likeness (QED) is 0.826. The second kappa shape index (κ2) is 8.10. The number of rotatable bonds is 6. The molecule has 0 aliphatic carbocycles. The number of sulfonamides is 1. The molecule has 1 N–H and O–H groups in total. The minimum Gasteiger partial charge on any atom is -0.376 e. The van der Waals surface area contributed by atoms with Gasteiger partial charge in [0.1, 0.15) is 0 Å². The number of aryl methyl sites for hydroxylation is 1. The molecule has 0 aromatic heterocycles. The summed E-state index contributed by atoms with van der Waals surface area (Å²) in [5.74, 6) is -0.305. The van der Waals surface area contributed by atoms with Crippen molar-refractivity contribution in [3.8, 4) is 0 Å². The second-order valence-corrected chi connectivity index (χ2v) is 8.65. The fraction of sp³-hybridized carbons (Fsp3) is 0.350. The third-order valence-corrected chi connectivity index (χ3v) is 6.42. The van der Waals surface area contributed by atoms with E-state index in [1.807, 2.05) is 19.1 Å². The molecule has 0 bridgehead atoms. The van der Waals surface area contributed by atoms with Crippen LogP contribution in [0.25, 0.3) is 0 Å². The zero-order valence-corrected chi connectivity index (χ0v) is 16.3. The molecular weight excluding hydrogens is 364 g/mol. The first kappa shape index (κ1) is 19.4. The normalized spacial score (nSPS) is 16.9. The van der Waals surface area contributed by atoms with Crippen LogP contribution in [0.2, 0.25) is 0 Å². The molecule has 1 atom stereocenters. The van der Waals surface area contributed by atoms with Crippen LogP contribution in [0, 0.1) is 6.92 Å². The van der Waals surface area contributed by atoms with Gasteiger partial charge in [-0.25, -0.2) is 8.42 Å². The summed E-state index contributed by atoms with van der Waals surface area (Å²) < 4.78 is 32.6. The van der Waals surface area contributed by atoms with Gasteiger partial charge in [-0.15, -0.1) is 0 Å². The van der Waals surface area contributed by atoms with Gasteiger partial charge in [-0.2, -0.15) is 0 Å². The third-order valence-electron chi connectivity index (χ3n) is 4.63. The van der Waals surface area contributed by atoms with E-state index in [2.05, 4.69) is 5.32 Å². The number of amides is 1. The van der Waals surface area contributed by atoms with Gasteiger partial charge in [0.15, 0.2) is 0 Å². The topological polar surface area (TPSA) is 75.7 Å². The average Bonchev–Trinajstić information content (AvgIpc) is 3.19. The lowest BCUT2D eigenvalue weighted by molar-refractivity contribution is 0.0857. The number of hydrogen-bond acceptors (Lipinski definition) is 4. The summed E-state index contributed by atoms with van der Waals surface area (Å²) in [7, 11) is -2.26. The molecule has 3 rings (SSSR count). The zero-order valence-electron chi connectivity index (χ0n) is 15.5. The van der Waals surface area contributed by atoms with Gasteiger partial charge in [-0.1, -0.05) is 18.2 Å². The van der Waals surface area contributed by atoms with Gasteiger partial charge in [0.25, 0.3) is 15.9 Å². The van der Waals surface area contributed by atoms with Gasteiger partial charge in [0.05, 0.1) is 16.7 Å². The van der Waals surface area contributed by atoms with Gasteiger partial charge in [0.2, 0.25) is 0 Å². The second-order valence-electron chi connectivity index (χ2n) is 6.68. The Labute approximate surface area is 160 Å². The number of carbonyl (C=O) groups excluding carboxylic acids is 1. The highest BCUT2D eigenvalue weighted by Crippen LogP contribution is 2.23. The Morgan fingerprint density at radius 2 is 2.00 bits per heavy atom. The number of nitrogens with zero attached hydrogens (tertiary/aromatic N) is 1. The molecule has 1 amide bonds. The Bertz CT molecular complexity index is 921. The summed E-state index contributed by atoms with van der Waals surface area (Å²) in [4.78, 5) is 12.5. The van der Waals surface area contributed by atoms with Crippen LogP contribution in [0.5, 0.6) is 0 Å². The highest BCUT2D eigenvalue weighted by Gasteiger charge is 2.23. The van der Waals surface area contributed by atoms with E-state index in [1.165, 1.54) is 23.5 Å². The molecule has 2 aromatic carbocycles. The number of ether oxygens (including phenoxy) is 1. The highest BCUT2D eigenvalue weighted by molar-refractivity contribution is 7.92. The van der Waals surface area contributed by atoms with Crippen LogP contribution in [0.3, 0.4) is 0 Å². The molecule has 27 heavy (non-hydrogen) atoms. The molecule has 6 nitrogen and oxygen atoms in total. The Morgan fingerprint density at radius 1 is 1.22 bits per heavy atom. The standard InChI is InChI=1S/C20H24N2O4S/c1-15-6-3-8-17(12-15)22(2)27(24,25)19-10-4-7-16(13-19)20(23)21-14-18-9-5-11-26-18/h3-4,6-8,10,12-13,18H,5,9,11,14H2,1-2H3,(H,21,23)/t18-/m0/s1. The lowest BCUT2D eigenvalue weighted by Gasteiger charge is -2.20. The summed E-state index contributed by atoms with van der Waals surface area (Å²) in [6.07, 6.45) is 1.96.